The number of rotatable bonds is 4. The molecule has 0 aromatic heterocycles. The average Bonchev–Trinajstić information content (AvgIpc) is 2.28. The Balaban J connectivity index is 2.73. The van der Waals surface area contributed by atoms with Gasteiger partial charge in [0.15, 0.2) is 0 Å². The highest BCUT2D eigenvalue weighted by Gasteiger charge is 2.28. The summed E-state index contributed by atoms with van der Waals surface area (Å²) < 4.78 is 0. The van der Waals surface area contributed by atoms with E-state index in [9.17, 15) is 4.79 Å². The van der Waals surface area contributed by atoms with Crippen molar-refractivity contribution in [2.24, 2.45) is 0 Å². The van der Waals surface area contributed by atoms with E-state index in [4.69, 9.17) is 11.6 Å². The molecule has 1 rings (SSSR count). The molecular formula is C13H19ClN2O. The zero-order valence-electron chi connectivity index (χ0n) is 10.7. The SMILES string of the molecule is CNC(C)(C)C(=O)N(C)Cc1cccc(Cl)c1. The van der Waals surface area contributed by atoms with E-state index in [1.807, 2.05) is 38.1 Å². The molecule has 0 heterocycles. The summed E-state index contributed by atoms with van der Waals surface area (Å²) in [6.07, 6.45) is 0. The van der Waals surface area contributed by atoms with Crippen LogP contribution in [0.4, 0.5) is 0 Å². The minimum atomic E-state index is -0.548. The predicted molar refractivity (Wildman–Crippen MR) is 71.1 cm³/mol. The number of nitrogens with zero attached hydrogens (tertiary/aromatic N) is 1. The van der Waals surface area contributed by atoms with E-state index in [1.165, 1.54) is 0 Å². The van der Waals surface area contributed by atoms with Crippen molar-refractivity contribution in [3.8, 4) is 0 Å². The van der Waals surface area contributed by atoms with E-state index in [0.29, 0.717) is 11.6 Å². The second-order valence-corrected chi connectivity index (χ2v) is 5.10. The number of benzene rings is 1. The Hall–Kier alpha value is -1.06. The van der Waals surface area contributed by atoms with Crippen molar-refractivity contribution in [1.82, 2.24) is 10.2 Å². The molecule has 0 unspecified atom stereocenters. The quantitative estimate of drug-likeness (QED) is 0.894. The number of likely N-dealkylation sites (N-methyl/N-ethyl adjacent to an activating group) is 2. The Morgan fingerprint density at radius 3 is 2.65 bits per heavy atom. The highest BCUT2D eigenvalue weighted by atomic mass is 35.5. The fraction of sp³-hybridized carbons (Fsp3) is 0.462. The van der Waals surface area contributed by atoms with Crippen LogP contribution >= 0.6 is 11.6 Å². The summed E-state index contributed by atoms with van der Waals surface area (Å²) in [4.78, 5) is 13.8. The first-order valence-corrected chi connectivity index (χ1v) is 5.93. The van der Waals surface area contributed by atoms with Gasteiger partial charge >= 0.3 is 0 Å². The number of amides is 1. The van der Waals surface area contributed by atoms with E-state index in [1.54, 1.807) is 19.0 Å². The Morgan fingerprint density at radius 1 is 1.47 bits per heavy atom. The van der Waals surface area contributed by atoms with Gasteiger partial charge in [-0.15, -0.1) is 0 Å². The van der Waals surface area contributed by atoms with Crippen LogP contribution in [0.3, 0.4) is 0 Å². The summed E-state index contributed by atoms with van der Waals surface area (Å²) in [7, 11) is 3.58. The van der Waals surface area contributed by atoms with Crippen LogP contribution in [-0.4, -0.2) is 30.4 Å². The second kappa shape index (κ2) is 5.52. The third kappa shape index (κ3) is 3.72. The molecule has 0 fully saturated rings. The molecule has 0 atom stereocenters. The minimum Gasteiger partial charge on any atom is -0.340 e. The molecule has 94 valence electrons. The summed E-state index contributed by atoms with van der Waals surface area (Å²) >= 11 is 5.91. The molecule has 0 aliphatic rings. The molecule has 1 amide bonds. The fourth-order valence-electron chi connectivity index (χ4n) is 1.57. The molecule has 1 aromatic carbocycles. The maximum absolute atomic E-state index is 12.1. The standard InChI is InChI=1S/C13H19ClN2O/c1-13(2,15-3)12(17)16(4)9-10-6-5-7-11(14)8-10/h5-8,15H,9H2,1-4H3. The van der Waals surface area contributed by atoms with Crippen molar-refractivity contribution in [3.63, 3.8) is 0 Å². The van der Waals surface area contributed by atoms with Gasteiger partial charge in [-0.05, 0) is 38.6 Å². The summed E-state index contributed by atoms with van der Waals surface area (Å²) in [6, 6.07) is 7.54. The molecule has 0 saturated carbocycles. The molecule has 3 nitrogen and oxygen atoms in total. The first-order chi connectivity index (χ1) is 7.86. The molecule has 0 saturated heterocycles. The predicted octanol–water partition coefficient (Wildman–Crippen LogP) is 2.30. The van der Waals surface area contributed by atoms with Crippen LogP contribution in [0.5, 0.6) is 0 Å². The smallest absolute Gasteiger partial charge is 0.242 e. The van der Waals surface area contributed by atoms with Crippen LogP contribution < -0.4 is 5.32 Å². The Kier molecular flexibility index (Phi) is 4.54. The number of hydrogen-bond donors (Lipinski definition) is 1. The molecule has 0 aliphatic heterocycles. The van der Waals surface area contributed by atoms with Crippen LogP contribution in [0.2, 0.25) is 5.02 Å². The lowest BCUT2D eigenvalue weighted by Gasteiger charge is -2.29. The number of carbonyl (C=O) groups is 1. The molecule has 0 bridgehead atoms. The summed E-state index contributed by atoms with van der Waals surface area (Å²) in [6.45, 7) is 4.29. The molecule has 4 heteroatoms. The molecule has 0 radical (unpaired) electrons. The van der Waals surface area contributed by atoms with Crippen LogP contribution in [0.25, 0.3) is 0 Å². The van der Waals surface area contributed by atoms with Gasteiger partial charge in [-0.2, -0.15) is 0 Å². The first-order valence-electron chi connectivity index (χ1n) is 5.56. The molecule has 1 N–H and O–H groups in total. The summed E-state index contributed by atoms with van der Waals surface area (Å²) in [5.74, 6) is 0.0555. The zero-order valence-corrected chi connectivity index (χ0v) is 11.5. The third-order valence-electron chi connectivity index (χ3n) is 2.82. The van der Waals surface area contributed by atoms with E-state index >= 15 is 0 Å². The number of hydrogen-bond acceptors (Lipinski definition) is 2. The van der Waals surface area contributed by atoms with Crippen molar-refractivity contribution < 1.29 is 4.79 Å². The maximum atomic E-state index is 12.1. The van der Waals surface area contributed by atoms with Gasteiger partial charge in [-0.25, -0.2) is 0 Å². The summed E-state index contributed by atoms with van der Waals surface area (Å²) in [5.41, 5.74) is 0.480. The molecule has 17 heavy (non-hydrogen) atoms. The van der Waals surface area contributed by atoms with Crippen LogP contribution in [0.15, 0.2) is 24.3 Å². The van der Waals surface area contributed by atoms with Crippen LogP contribution in [0, 0.1) is 0 Å². The average molecular weight is 255 g/mol. The van der Waals surface area contributed by atoms with E-state index < -0.39 is 5.54 Å². The van der Waals surface area contributed by atoms with Gasteiger partial charge in [0.1, 0.15) is 0 Å². The van der Waals surface area contributed by atoms with Crippen molar-refractivity contribution in [1.29, 1.82) is 0 Å². The highest BCUT2D eigenvalue weighted by Crippen LogP contribution is 2.14. The third-order valence-corrected chi connectivity index (χ3v) is 3.05. The normalized spacial score (nSPS) is 11.4. The second-order valence-electron chi connectivity index (χ2n) is 4.67. The lowest BCUT2D eigenvalue weighted by atomic mass is 10.0. The largest absolute Gasteiger partial charge is 0.340 e. The fourth-order valence-corrected chi connectivity index (χ4v) is 1.78. The van der Waals surface area contributed by atoms with Crippen LogP contribution in [-0.2, 0) is 11.3 Å². The highest BCUT2D eigenvalue weighted by molar-refractivity contribution is 6.30. The van der Waals surface area contributed by atoms with Gasteiger partial charge in [-0.3, -0.25) is 4.79 Å². The maximum Gasteiger partial charge on any atom is 0.242 e. The molecule has 0 spiro atoms. The van der Waals surface area contributed by atoms with Gasteiger partial charge in [0, 0.05) is 18.6 Å². The molecular weight excluding hydrogens is 236 g/mol. The minimum absolute atomic E-state index is 0.0555. The Bertz CT molecular complexity index is 404. The van der Waals surface area contributed by atoms with Crippen molar-refractivity contribution in [3.05, 3.63) is 34.9 Å². The van der Waals surface area contributed by atoms with Crippen molar-refractivity contribution >= 4 is 17.5 Å². The van der Waals surface area contributed by atoms with Gasteiger partial charge in [-0.1, -0.05) is 23.7 Å². The zero-order chi connectivity index (χ0) is 13.1. The van der Waals surface area contributed by atoms with E-state index in [2.05, 4.69) is 5.32 Å². The first kappa shape index (κ1) is 14.0. The van der Waals surface area contributed by atoms with Crippen molar-refractivity contribution in [2.45, 2.75) is 25.9 Å². The van der Waals surface area contributed by atoms with Gasteiger partial charge in [0.25, 0.3) is 0 Å². The van der Waals surface area contributed by atoms with Crippen LogP contribution in [0.1, 0.15) is 19.4 Å². The molecule has 0 aliphatic carbocycles. The number of halogens is 1. The van der Waals surface area contributed by atoms with Crippen molar-refractivity contribution in [2.75, 3.05) is 14.1 Å². The lowest BCUT2D eigenvalue weighted by molar-refractivity contribution is -0.136. The summed E-state index contributed by atoms with van der Waals surface area (Å²) in [5, 5.41) is 3.69. The van der Waals surface area contributed by atoms with Gasteiger partial charge < -0.3 is 10.2 Å². The Labute approximate surface area is 108 Å². The number of nitrogens with one attached hydrogen (secondary N) is 1. The lowest BCUT2D eigenvalue weighted by Crippen LogP contribution is -2.51. The molecule has 1 aromatic rings. The van der Waals surface area contributed by atoms with E-state index in [0.717, 1.165) is 5.56 Å². The topological polar surface area (TPSA) is 32.3 Å². The van der Waals surface area contributed by atoms with Gasteiger partial charge in [0.05, 0.1) is 5.54 Å². The van der Waals surface area contributed by atoms with Gasteiger partial charge in [0.2, 0.25) is 5.91 Å². The van der Waals surface area contributed by atoms with E-state index in [-0.39, 0.29) is 5.91 Å². The monoisotopic (exact) mass is 254 g/mol. The Morgan fingerprint density at radius 2 is 2.12 bits per heavy atom. The number of carbonyl (C=O) groups excluding carboxylic acids is 1.